The largest absolute Gasteiger partial charge is 0.446 e. The van der Waals surface area contributed by atoms with Crippen LogP contribution in [0.5, 0.6) is 0 Å². The molecule has 0 spiro atoms. The van der Waals surface area contributed by atoms with Gasteiger partial charge in [-0.3, -0.25) is 4.79 Å². The fraction of sp³-hybridized carbons (Fsp3) is 0.200. The Morgan fingerprint density at radius 3 is 2.44 bits per heavy atom. The van der Waals surface area contributed by atoms with Crippen LogP contribution in [0.2, 0.25) is 0 Å². The lowest BCUT2D eigenvalue weighted by Gasteiger charge is -2.26. The number of hydrogen-bond acceptors (Lipinski definition) is 4. The first-order chi connectivity index (χ1) is 13.2. The molecular formula is C20H18N4O3. The molecule has 1 aliphatic rings. The quantitative estimate of drug-likeness (QED) is 0.331. The molecule has 1 fully saturated rings. The fourth-order valence-electron chi connectivity index (χ4n) is 3.18. The van der Waals surface area contributed by atoms with Gasteiger partial charge >= 0.3 is 6.09 Å². The number of ether oxygens (including phenoxy) is 1. The van der Waals surface area contributed by atoms with Crippen molar-refractivity contribution >= 4 is 12.0 Å². The van der Waals surface area contributed by atoms with Crippen molar-refractivity contribution in [1.29, 1.82) is 0 Å². The molecule has 27 heavy (non-hydrogen) atoms. The summed E-state index contributed by atoms with van der Waals surface area (Å²) in [5.74, 6) is -1.18. The van der Waals surface area contributed by atoms with Crippen LogP contribution in [0.1, 0.15) is 23.1 Å². The molecule has 136 valence electrons. The molecule has 0 radical (unpaired) electrons. The second-order valence-electron chi connectivity index (χ2n) is 6.03. The average Bonchev–Trinajstić information content (AvgIpc) is 3.10. The molecule has 3 rings (SSSR count). The van der Waals surface area contributed by atoms with Crippen LogP contribution in [0, 0.1) is 0 Å². The molecule has 3 atom stereocenters. The predicted octanol–water partition coefficient (Wildman–Crippen LogP) is 4.36. The van der Waals surface area contributed by atoms with Gasteiger partial charge in [0, 0.05) is 10.8 Å². The summed E-state index contributed by atoms with van der Waals surface area (Å²) in [4.78, 5) is 29.4. The maximum atomic E-state index is 13.2. The van der Waals surface area contributed by atoms with E-state index >= 15 is 0 Å². The standard InChI is InChI=1S/C20H18N4O3/c1-2-16(14-9-5-3-6-10-14)18(22-23-21)19(25)24-17(13-27-20(24)26)15-11-7-4-8-12-15/h2-12,16-18H,1,13H2/t16-,17-,18+/m1/s1. The first-order valence-electron chi connectivity index (χ1n) is 8.44. The van der Waals surface area contributed by atoms with E-state index in [1.165, 1.54) is 0 Å². The highest BCUT2D eigenvalue weighted by Gasteiger charge is 2.43. The normalized spacial score (nSPS) is 18.1. The Bertz CT molecular complexity index is 879. The number of rotatable bonds is 6. The van der Waals surface area contributed by atoms with Crippen molar-refractivity contribution in [3.05, 3.63) is 94.9 Å². The maximum Gasteiger partial charge on any atom is 0.417 e. The number of amides is 2. The molecule has 1 saturated heterocycles. The van der Waals surface area contributed by atoms with Crippen molar-refractivity contribution in [1.82, 2.24) is 4.90 Å². The molecule has 1 aliphatic heterocycles. The summed E-state index contributed by atoms with van der Waals surface area (Å²) in [6.45, 7) is 3.83. The van der Waals surface area contributed by atoms with Crippen molar-refractivity contribution in [3.63, 3.8) is 0 Å². The zero-order valence-electron chi connectivity index (χ0n) is 14.5. The van der Waals surface area contributed by atoms with Crippen LogP contribution in [0.15, 0.2) is 78.4 Å². The van der Waals surface area contributed by atoms with Crippen LogP contribution >= 0.6 is 0 Å². The van der Waals surface area contributed by atoms with E-state index in [9.17, 15) is 9.59 Å². The van der Waals surface area contributed by atoms with E-state index in [0.717, 1.165) is 16.0 Å². The second-order valence-corrected chi connectivity index (χ2v) is 6.03. The number of azide groups is 1. The molecule has 2 aromatic carbocycles. The Morgan fingerprint density at radius 2 is 1.85 bits per heavy atom. The summed E-state index contributed by atoms with van der Waals surface area (Å²) < 4.78 is 5.11. The lowest BCUT2D eigenvalue weighted by molar-refractivity contribution is -0.130. The number of carbonyl (C=O) groups is 2. The van der Waals surface area contributed by atoms with Crippen molar-refractivity contribution in [3.8, 4) is 0 Å². The molecule has 0 bridgehead atoms. The number of hydrogen-bond donors (Lipinski definition) is 0. The molecule has 7 nitrogen and oxygen atoms in total. The zero-order chi connectivity index (χ0) is 19.2. The fourth-order valence-corrected chi connectivity index (χ4v) is 3.18. The summed E-state index contributed by atoms with van der Waals surface area (Å²) in [6.07, 6.45) is 0.800. The van der Waals surface area contributed by atoms with Crippen molar-refractivity contribution < 1.29 is 14.3 Å². The molecule has 0 aliphatic carbocycles. The Kier molecular flexibility index (Phi) is 5.54. The monoisotopic (exact) mass is 362 g/mol. The van der Waals surface area contributed by atoms with Gasteiger partial charge in [0.15, 0.2) is 0 Å². The summed E-state index contributed by atoms with van der Waals surface area (Å²) in [5.41, 5.74) is 10.5. The molecule has 0 unspecified atom stereocenters. The molecule has 2 aromatic rings. The average molecular weight is 362 g/mol. The second kappa shape index (κ2) is 8.21. The van der Waals surface area contributed by atoms with Gasteiger partial charge in [-0.05, 0) is 16.7 Å². The molecule has 0 aromatic heterocycles. The first kappa shape index (κ1) is 18.2. The molecule has 0 saturated carbocycles. The highest BCUT2D eigenvalue weighted by molar-refractivity contribution is 5.97. The van der Waals surface area contributed by atoms with E-state index in [1.54, 1.807) is 6.08 Å². The SMILES string of the molecule is C=C[C@H](c1ccccc1)[C@H](N=[N+]=[N-])C(=O)N1C(=O)OC[C@@H]1c1ccccc1. The Balaban J connectivity index is 1.97. The van der Waals surface area contributed by atoms with Gasteiger partial charge in [-0.2, -0.15) is 0 Å². The molecule has 1 heterocycles. The lowest BCUT2D eigenvalue weighted by atomic mass is 9.90. The van der Waals surface area contributed by atoms with Crippen LogP contribution in [-0.4, -0.2) is 29.5 Å². The van der Waals surface area contributed by atoms with Gasteiger partial charge in [-0.25, -0.2) is 9.69 Å². The topological polar surface area (TPSA) is 95.4 Å². The van der Waals surface area contributed by atoms with Crippen LogP contribution in [0.3, 0.4) is 0 Å². The number of carbonyl (C=O) groups excluding carboxylic acids is 2. The minimum absolute atomic E-state index is 0.0572. The van der Waals surface area contributed by atoms with Gasteiger partial charge in [-0.15, -0.1) is 6.58 Å². The van der Waals surface area contributed by atoms with Crippen LogP contribution in [0.25, 0.3) is 10.4 Å². The van der Waals surface area contributed by atoms with E-state index in [0.29, 0.717) is 0 Å². The molecular weight excluding hydrogens is 344 g/mol. The van der Waals surface area contributed by atoms with Crippen molar-refractivity contribution in [2.24, 2.45) is 5.11 Å². The minimum Gasteiger partial charge on any atom is -0.446 e. The number of imide groups is 1. The predicted molar refractivity (Wildman–Crippen MR) is 99.7 cm³/mol. The van der Waals surface area contributed by atoms with E-state index in [4.69, 9.17) is 10.3 Å². The summed E-state index contributed by atoms with van der Waals surface area (Å²) >= 11 is 0. The van der Waals surface area contributed by atoms with Crippen LogP contribution < -0.4 is 0 Å². The molecule has 7 heteroatoms. The number of cyclic esters (lactones) is 1. The zero-order valence-corrected chi connectivity index (χ0v) is 14.5. The molecule has 0 N–H and O–H groups in total. The minimum atomic E-state index is -1.15. The van der Waals surface area contributed by atoms with Gasteiger partial charge in [-0.1, -0.05) is 71.9 Å². The van der Waals surface area contributed by atoms with Crippen molar-refractivity contribution in [2.75, 3.05) is 6.61 Å². The third-order valence-corrected chi connectivity index (χ3v) is 4.50. The van der Waals surface area contributed by atoms with Crippen LogP contribution in [0.4, 0.5) is 4.79 Å². The summed E-state index contributed by atoms with van der Waals surface area (Å²) in [7, 11) is 0. The summed E-state index contributed by atoms with van der Waals surface area (Å²) in [6, 6.07) is 16.5. The summed E-state index contributed by atoms with van der Waals surface area (Å²) in [5, 5.41) is 3.69. The van der Waals surface area contributed by atoms with Gasteiger partial charge in [0.2, 0.25) is 5.91 Å². The third kappa shape index (κ3) is 3.68. The molecule has 2 amide bonds. The smallest absolute Gasteiger partial charge is 0.417 e. The Hall–Kier alpha value is -3.57. The Labute approximate surface area is 156 Å². The third-order valence-electron chi connectivity index (χ3n) is 4.50. The lowest BCUT2D eigenvalue weighted by Crippen LogP contribution is -2.42. The number of nitrogens with zero attached hydrogens (tertiary/aromatic N) is 4. The van der Waals surface area contributed by atoms with Gasteiger partial charge in [0.25, 0.3) is 0 Å². The van der Waals surface area contributed by atoms with Gasteiger partial charge in [0.05, 0.1) is 0 Å². The highest BCUT2D eigenvalue weighted by Crippen LogP contribution is 2.32. The van der Waals surface area contributed by atoms with Gasteiger partial charge < -0.3 is 4.74 Å². The van der Waals surface area contributed by atoms with E-state index < -0.39 is 30.0 Å². The van der Waals surface area contributed by atoms with Crippen LogP contribution in [-0.2, 0) is 9.53 Å². The Morgan fingerprint density at radius 1 is 1.22 bits per heavy atom. The number of benzene rings is 2. The van der Waals surface area contributed by atoms with E-state index in [2.05, 4.69) is 16.6 Å². The van der Waals surface area contributed by atoms with Crippen molar-refractivity contribution in [2.45, 2.75) is 18.0 Å². The highest BCUT2D eigenvalue weighted by atomic mass is 16.6. The first-order valence-corrected chi connectivity index (χ1v) is 8.44. The van der Waals surface area contributed by atoms with Gasteiger partial charge in [0.1, 0.15) is 18.7 Å². The van der Waals surface area contributed by atoms with E-state index in [-0.39, 0.29) is 6.61 Å². The maximum absolute atomic E-state index is 13.2. The van der Waals surface area contributed by atoms with E-state index in [1.807, 2.05) is 60.7 Å².